The predicted molar refractivity (Wildman–Crippen MR) is 64.3 cm³/mol. The summed E-state index contributed by atoms with van der Waals surface area (Å²) in [5, 5.41) is 13.3. The Morgan fingerprint density at radius 3 is 2.88 bits per heavy atom. The van der Waals surface area contributed by atoms with E-state index >= 15 is 0 Å². The highest BCUT2D eigenvalue weighted by molar-refractivity contribution is 9.10. The first-order valence-electron chi connectivity index (χ1n) is 4.55. The van der Waals surface area contributed by atoms with Crippen LogP contribution in [0.5, 0.6) is 0 Å². The smallest absolute Gasteiger partial charge is 0.234 e. The van der Waals surface area contributed by atoms with Crippen molar-refractivity contribution in [1.82, 2.24) is 24.8 Å². The molecule has 7 heteroatoms. The zero-order valence-corrected chi connectivity index (χ0v) is 10.7. The van der Waals surface area contributed by atoms with E-state index in [1.807, 2.05) is 19.1 Å². The molecule has 0 aromatic carbocycles. The zero-order valence-electron chi connectivity index (χ0n) is 8.25. The van der Waals surface area contributed by atoms with Crippen molar-refractivity contribution in [3.63, 3.8) is 0 Å². The molecule has 0 N–H and O–H groups in total. The number of fused-ring (bicyclic) bond motifs is 1. The number of aromatic nitrogens is 5. The van der Waals surface area contributed by atoms with E-state index in [2.05, 4.69) is 36.2 Å². The monoisotopic (exact) mass is 295 g/mol. The molecule has 3 aromatic rings. The second-order valence-electron chi connectivity index (χ2n) is 3.22. The largest absolute Gasteiger partial charge is 0.249 e. The summed E-state index contributed by atoms with van der Waals surface area (Å²) < 4.78 is 2.55. The van der Waals surface area contributed by atoms with Gasteiger partial charge in [0.05, 0.1) is 0 Å². The third-order valence-corrected chi connectivity index (χ3v) is 3.54. The van der Waals surface area contributed by atoms with Crippen LogP contribution in [0.4, 0.5) is 0 Å². The first-order valence-corrected chi connectivity index (χ1v) is 6.16. The minimum absolute atomic E-state index is 0.794. The van der Waals surface area contributed by atoms with Gasteiger partial charge in [-0.1, -0.05) is 11.3 Å². The number of halogens is 1. The summed E-state index contributed by atoms with van der Waals surface area (Å²) in [7, 11) is 0. The molecule has 80 valence electrons. The van der Waals surface area contributed by atoms with E-state index in [0.717, 1.165) is 26.0 Å². The van der Waals surface area contributed by atoms with Gasteiger partial charge in [0.15, 0.2) is 5.82 Å². The quantitative estimate of drug-likeness (QED) is 0.647. The Balaban J connectivity index is 2.15. The normalized spacial score (nSPS) is 11.1. The number of nitrogens with zero attached hydrogens (tertiary/aromatic N) is 5. The summed E-state index contributed by atoms with van der Waals surface area (Å²) in [5.74, 6) is 0.794. The van der Waals surface area contributed by atoms with Gasteiger partial charge >= 0.3 is 0 Å². The Morgan fingerprint density at radius 1 is 1.31 bits per heavy atom. The lowest BCUT2D eigenvalue weighted by Crippen LogP contribution is -1.88. The minimum atomic E-state index is 0.794. The van der Waals surface area contributed by atoms with E-state index in [4.69, 9.17) is 0 Å². The third kappa shape index (κ3) is 1.52. The van der Waals surface area contributed by atoms with Crippen LogP contribution in [0, 0.1) is 6.92 Å². The maximum absolute atomic E-state index is 4.43. The molecule has 0 bridgehead atoms. The molecule has 0 amide bonds. The van der Waals surface area contributed by atoms with Crippen LogP contribution in [0.2, 0.25) is 0 Å². The van der Waals surface area contributed by atoms with Gasteiger partial charge in [-0.2, -0.15) is 9.61 Å². The SMILES string of the molecule is Cc1nnc2sc(-c3ccc(Br)nc3)nn12. The maximum Gasteiger partial charge on any atom is 0.234 e. The van der Waals surface area contributed by atoms with Gasteiger partial charge < -0.3 is 0 Å². The Morgan fingerprint density at radius 2 is 2.19 bits per heavy atom. The molecule has 5 nitrogen and oxygen atoms in total. The van der Waals surface area contributed by atoms with Gasteiger partial charge in [-0.15, -0.1) is 10.2 Å². The summed E-state index contributed by atoms with van der Waals surface area (Å²) in [6.45, 7) is 1.88. The van der Waals surface area contributed by atoms with Gasteiger partial charge in [0.2, 0.25) is 4.96 Å². The van der Waals surface area contributed by atoms with Crippen molar-refractivity contribution in [3.05, 3.63) is 28.8 Å². The summed E-state index contributed by atoms with van der Waals surface area (Å²) in [6, 6.07) is 3.86. The van der Waals surface area contributed by atoms with E-state index in [1.165, 1.54) is 11.3 Å². The van der Waals surface area contributed by atoms with E-state index in [9.17, 15) is 0 Å². The fourth-order valence-corrected chi connectivity index (χ4v) is 2.44. The molecule has 3 heterocycles. The molecule has 0 saturated carbocycles. The molecule has 3 rings (SSSR count). The van der Waals surface area contributed by atoms with Crippen LogP contribution in [-0.2, 0) is 0 Å². The van der Waals surface area contributed by atoms with E-state index < -0.39 is 0 Å². The second-order valence-corrected chi connectivity index (χ2v) is 4.99. The highest BCUT2D eigenvalue weighted by Crippen LogP contribution is 2.25. The van der Waals surface area contributed by atoms with Crippen molar-refractivity contribution in [2.75, 3.05) is 0 Å². The van der Waals surface area contributed by atoms with Gasteiger partial charge in [0, 0.05) is 11.8 Å². The number of hydrogen-bond acceptors (Lipinski definition) is 5. The van der Waals surface area contributed by atoms with Gasteiger partial charge in [-0.3, -0.25) is 0 Å². The topological polar surface area (TPSA) is 56.0 Å². The molecule has 0 aliphatic heterocycles. The fraction of sp³-hybridized carbons (Fsp3) is 0.111. The molecule has 0 aliphatic carbocycles. The summed E-state index contributed by atoms with van der Waals surface area (Å²) >= 11 is 4.80. The maximum atomic E-state index is 4.43. The van der Waals surface area contributed by atoms with Gasteiger partial charge in [-0.25, -0.2) is 4.98 Å². The Hall–Kier alpha value is -1.34. The third-order valence-electron chi connectivity index (χ3n) is 2.12. The Kier molecular flexibility index (Phi) is 2.22. The van der Waals surface area contributed by atoms with Crippen molar-refractivity contribution in [2.45, 2.75) is 6.92 Å². The average molecular weight is 296 g/mol. The minimum Gasteiger partial charge on any atom is -0.249 e. The molecule has 0 unspecified atom stereocenters. The van der Waals surface area contributed by atoms with Crippen LogP contribution in [0.1, 0.15) is 5.82 Å². The van der Waals surface area contributed by atoms with Crippen LogP contribution in [0.25, 0.3) is 15.5 Å². The standard InChI is InChI=1S/C9H6BrN5S/c1-5-12-13-9-15(5)14-8(16-9)6-2-3-7(10)11-4-6/h2-4H,1H3. The summed E-state index contributed by atoms with van der Waals surface area (Å²) in [5.41, 5.74) is 0.984. The first kappa shape index (κ1) is 9.86. The fourth-order valence-electron chi connectivity index (χ4n) is 1.33. The van der Waals surface area contributed by atoms with Crippen LogP contribution in [0.3, 0.4) is 0 Å². The molecule has 0 fully saturated rings. The molecule has 0 atom stereocenters. The molecular weight excluding hydrogens is 290 g/mol. The number of hydrogen-bond donors (Lipinski definition) is 0. The first-order chi connectivity index (χ1) is 7.74. The lowest BCUT2D eigenvalue weighted by atomic mass is 10.3. The van der Waals surface area contributed by atoms with Gasteiger partial charge in [-0.05, 0) is 35.0 Å². The lowest BCUT2D eigenvalue weighted by molar-refractivity contribution is 0.897. The molecule has 0 spiro atoms. The molecular formula is C9H6BrN5S. The van der Waals surface area contributed by atoms with Crippen molar-refractivity contribution in [3.8, 4) is 10.6 Å². The van der Waals surface area contributed by atoms with Crippen molar-refractivity contribution >= 4 is 32.2 Å². The molecule has 0 saturated heterocycles. The van der Waals surface area contributed by atoms with Crippen molar-refractivity contribution in [2.24, 2.45) is 0 Å². The highest BCUT2D eigenvalue weighted by atomic mass is 79.9. The summed E-state index contributed by atoms with van der Waals surface area (Å²) in [6.07, 6.45) is 1.78. The highest BCUT2D eigenvalue weighted by Gasteiger charge is 2.10. The number of rotatable bonds is 1. The molecule has 0 radical (unpaired) electrons. The zero-order chi connectivity index (χ0) is 11.1. The predicted octanol–water partition coefficient (Wildman–Crippen LogP) is 2.32. The molecule has 0 aliphatic rings. The van der Waals surface area contributed by atoms with E-state index in [-0.39, 0.29) is 0 Å². The number of pyridine rings is 1. The van der Waals surface area contributed by atoms with Gasteiger partial charge in [0.1, 0.15) is 9.61 Å². The Bertz CT molecular complexity index is 642. The van der Waals surface area contributed by atoms with E-state index in [0.29, 0.717) is 0 Å². The molecule has 3 aromatic heterocycles. The van der Waals surface area contributed by atoms with Gasteiger partial charge in [0.25, 0.3) is 0 Å². The van der Waals surface area contributed by atoms with Crippen LogP contribution < -0.4 is 0 Å². The van der Waals surface area contributed by atoms with Crippen LogP contribution in [-0.4, -0.2) is 24.8 Å². The molecule has 16 heavy (non-hydrogen) atoms. The van der Waals surface area contributed by atoms with Crippen molar-refractivity contribution in [1.29, 1.82) is 0 Å². The second kappa shape index (κ2) is 3.60. The average Bonchev–Trinajstić information content (AvgIpc) is 2.83. The van der Waals surface area contributed by atoms with Crippen LogP contribution >= 0.6 is 27.3 Å². The van der Waals surface area contributed by atoms with Crippen LogP contribution in [0.15, 0.2) is 22.9 Å². The van der Waals surface area contributed by atoms with E-state index in [1.54, 1.807) is 10.7 Å². The Labute approximate surface area is 103 Å². The summed E-state index contributed by atoms with van der Waals surface area (Å²) in [4.78, 5) is 4.97. The lowest BCUT2D eigenvalue weighted by Gasteiger charge is -1.93. The van der Waals surface area contributed by atoms with Crippen molar-refractivity contribution < 1.29 is 0 Å². The number of aryl methyl sites for hydroxylation is 1.